The van der Waals surface area contributed by atoms with Gasteiger partial charge in [0.1, 0.15) is 5.69 Å². The Kier molecular flexibility index (Phi) is 2.93. The lowest BCUT2D eigenvalue weighted by atomic mass is 10.1. The molecule has 0 spiro atoms. The minimum Gasteiger partial charge on any atom is -0.476 e. The first-order chi connectivity index (χ1) is 8.08. The zero-order chi connectivity index (χ0) is 12.4. The molecule has 1 aromatic carbocycles. The Balaban J connectivity index is 2.58. The fourth-order valence-corrected chi connectivity index (χ4v) is 1.44. The second-order valence-corrected chi connectivity index (χ2v) is 3.71. The summed E-state index contributed by atoms with van der Waals surface area (Å²) in [7, 11) is 0. The van der Waals surface area contributed by atoms with Gasteiger partial charge >= 0.3 is 5.97 Å². The number of aromatic nitrogens is 2. The van der Waals surface area contributed by atoms with E-state index in [1.165, 1.54) is 0 Å². The fraction of sp³-hybridized carbons (Fsp3) is 0. The third-order valence-corrected chi connectivity index (χ3v) is 2.38. The number of halogens is 1. The molecule has 0 fully saturated rings. The summed E-state index contributed by atoms with van der Waals surface area (Å²) in [5, 5.41) is 9.31. The van der Waals surface area contributed by atoms with Crippen LogP contribution in [0.2, 0.25) is 5.02 Å². The fourth-order valence-electron chi connectivity index (χ4n) is 1.32. The lowest BCUT2D eigenvalue weighted by molar-refractivity contribution is 0.0690. The van der Waals surface area contributed by atoms with Crippen molar-refractivity contribution in [3.05, 3.63) is 51.5 Å². The molecule has 0 aliphatic heterocycles. The first-order valence-corrected chi connectivity index (χ1v) is 5.04. The largest absolute Gasteiger partial charge is 0.476 e. The Labute approximate surface area is 101 Å². The van der Waals surface area contributed by atoms with E-state index in [-0.39, 0.29) is 11.4 Å². The highest BCUT2D eigenvalue weighted by Crippen LogP contribution is 2.16. The highest BCUT2D eigenvalue weighted by Gasteiger charge is 2.10. The quantitative estimate of drug-likeness (QED) is 0.851. The number of aromatic amines is 1. The Morgan fingerprint density at radius 1 is 1.29 bits per heavy atom. The van der Waals surface area contributed by atoms with Crippen molar-refractivity contribution in [2.24, 2.45) is 0 Å². The van der Waals surface area contributed by atoms with Crippen LogP contribution in [0.1, 0.15) is 10.5 Å². The zero-order valence-electron chi connectivity index (χ0n) is 8.48. The molecule has 2 aromatic rings. The molecule has 0 aliphatic rings. The number of H-pyrrole nitrogens is 1. The van der Waals surface area contributed by atoms with Crippen LogP contribution in [0.3, 0.4) is 0 Å². The molecular weight excluding hydrogens is 244 g/mol. The van der Waals surface area contributed by atoms with Crippen LogP contribution in [0.4, 0.5) is 0 Å². The second kappa shape index (κ2) is 4.39. The van der Waals surface area contributed by atoms with E-state index >= 15 is 0 Å². The lowest BCUT2D eigenvalue weighted by Gasteiger charge is -2.01. The highest BCUT2D eigenvalue weighted by molar-refractivity contribution is 6.30. The predicted octanol–water partition coefficient (Wildman–Crippen LogP) is 1.79. The van der Waals surface area contributed by atoms with Gasteiger partial charge in [-0.2, -0.15) is 0 Å². The topological polar surface area (TPSA) is 83.0 Å². The predicted molar refractivity (Wildman–Crippen MR) is 62.3 cm³/mol. The maximum atomic E-state index is 11.5. The standard InChI is InChI=1S/C11H7ClN2O3/c12-7-3-1-6(2-4-7)9-10(15)13-5-8(14-9)11(16)17/h1-5H,(H,13,15)(H,16,17). The maximum Gasteiger partial charge on any atom is 0.356 e. The van der Waals surface area contributed by atoms with Crippen LogP contribution >= 0.6 is 11.6 Å². The van der Waals surface area contributed by atoms with Gasteiger partial charge in [-0.3, -0.25) is 4.79 Å². The van der Waals surface area contributed by atoms with Gasteiger partial charge in [0.15, 0.2) is 5.69 Å². The first-order valence-electron chi connectivity index (χ1n) is 4.67. The van der Waals surface area contributed by atoms with Crippen molar-refractivity contribution in [1.82, 2.24) is 9.97 Å². The zero-order valence-corrected chi connectivity index (χ0v) is 9.23. The molecular formula is C11H7ClN2O3. The van der Waals surface area contributed by atoms with Crippen molar-refractivity contribution in [2.45, 2.75) is 0 Å². The summed E-state index contributed by atoms with van der Waals surface area (Å²) in [5.74, 6) is -1.20. The molecule has 0 atom stereocenters. The number of nitrogens with one attached hydrogen (secondary N) is 1. The minimum absolute atomic E-state index is 0.0570. The van der Waals surface area contributed by atoms with Crippen molar-refractivity contribution in [1.29, 1.82) is 0 Å². The van der Waals surface area contributed by atoms with Crippen LogP contribution in [0.5, 0.6) is 0 Å². The Hall–Kier alpha value is -2.14. The average molecular weight is 251 g/mol. The molecule has 0 amide bonds. The van der Waals surface area contributed by atoms with Crippen LogP contribution in [0.25, 0.3) is 11.3 Å². The van der Waals surface area contributed by atoms with Crippen molar-refractivity contribution in [2.75, 3.05) is 0 Å². The van der Waals surface area contributed by atoms with Gasteiger partial charge < -0.3 is 10.1 Å². The number of aromatic carboxylic acids is 1. The Bertz CT molecular complexity index is 619. The van der Waals surface area contributed by atoms with Gasteiger partial charge in [-0.1, -0.05) is 23.7 Å². The number of carboxylic acid groups (broad SMARTS) is 1. The normalized spacial score (nSPS) is 10.2. The van der Waals surface area contributed by atoms with Crippen molar-refractivity contribution in [3.63, 3.8) is 0 Å². The molecule has 0 saturated heterocycles. The molecule has 0 aliphatic carbocycles. The molecule has 5 nitrogen and oxygen atoms in total. The molecule has 1 aromatic heterocycles. The summed E-state index contributed by atoms with van der Waals surface area (Å²) in [6, 6.07) is 6.41. The number of hydrogen-bond acceptors (Lipinski definition) is 3. The summed E-state index contributed by atoms with van der Waals surface area (Å²) in [6.07, 6.45) is 1.06. The smallest absolute Gasteiger partial charge is 0.356 e. The Morgan fingerprint density at radius 2 is 1.94 bits per heavy atom. The van der Waals surface area contributed by atoms with Gasteiger partial charge in [-0.25, -0.2) is 9.78 Å². The number of carboxylic acids is 1. The van der Waals surface area contributed by atoms with Crippen LogP contribution in [-0.2, 0) is 0 Å². The number of benzene rings is 1. The molecule has 86 valence electrons. The van der Waals surface area contributed by atoms with Gasteiger partial charge in [0.2, 0.25) is 0 Å². The maximum absolute atomic E-state index is 11.5. The van der Waals surface area contributed by atoms with E-state index < -0.39 is 11.5 Å². The number of rotatable bonds is 2. The van der Waals surface area contributed by atoms with Crippen molar-refractivity contribution < 1.29 is 9.90 Å². The molecule has 2 rings (SSSR count). The lowest BCUT2D eigenvalue weighted by Crippen LogP contribution is -2.14. The van der Waals surface area contributed by atoms with Gasteiger partial charge in [0.25, 0.3) is 5.56 Å². The van der Waals surface area contributed by atoms with Crippen LogP contribution in [-0.4, -0.2) is 21.0 Å². The second-order valence-electron chi connectivity index (χ2n) is 3.28. The molecule has 2 N–H and O–H groups in total. The van der Waals surface area contributed by atoms with Gasteiger partial charge in [-0.15, -0.1) is 0 Å². The van der Waals surface area contributed by atoms with Gasteiger partial charge in [0.05, 0.1) is 0 Å². The van der Waals surface area contributed by atoms with E-state index in [0.29, 0.717) is 10.6 Å². The van der Waals surface area contributed by atoms with Crippen molar-refractivity contribution >= 4 is 17.6 Å². The summed E-state index contributed by atoms with van der Waals surface area (Å²) < 4.78 is 0. The van der Waals surface area contributed by atoms with E-state index in [4.69, 9.17) is 16.7 Å². The third kappa shape index (κ3) is 2.34. The van der Waals surface area contributed by atoms with Crippen LogP contribution in [0, 0.1) is 0 Å². The average Bonchev–Trinajstić information content (AvgIpc) is 2.31. The number of carbonyl (C=O) groups is 1. The summed E-state index contributed by atoms with van der Waals surface area (Å²) in [5.41, 5.74) is -0.0906. The summed E-state index contributed by atoms with van der Waals surface area (Å²) >= 11 is 5.72. The molecule has 0 unspecified atom stereocenters. The molecule has 0 radical (unpaired) electrons. The summed E-state index contributed by atoms with van der Waals surface area (Å²) in [4.78, 5) is 28.4. The third-order valence-electron chi connectivity index (χ3n) is 2.12. The first kappa shape index (κ1) is 11.3. The van der Waals surface area contributed by atoms with E-state index in [9.17, 15) is 9.59 Å². The van der Waals surface area contributed by atoms with Gasteiger partial charge in [-0.05, 0) is 12.1 Å². The van der Waals surface area contributed by atoms with Crippen molar-refractivity contribution in [3.8, 4) is 11.3 Å². The van der Waals surface area contributed by atoms with Crippen LogP contribution in [0.15, 0.2) is 35.3 Å². The van der Waals surface area contributed by atoms with Crippen LogP contribution < -0.4 is 5.56 Å². The van der Waals surface area contributed by atoms with E-state index in [2.05, 4.69) is 9.97 Å². The summed E-state index contributed by atoms with van der Waals surface area (Å²) in [6.45, 7) is 0. The highest BCUT2D eigenvalue weighted by atomic mass is 35.5. The molecule has 0 saturated carbocycles. The molecule has 6 heteroatoms. The number of nitrogens with zero attached hydrogens (tertiary/aromatic N) is 1. The number of hydrogen-bond donors (Lipinski definition) is 2. The molecule has 1 heterocycles. The molecule has 17 heavy (non-hydrogen) atoms. The van der Waals surface area contributed by atoms with Gasteiger partial charge in [0, 0.05) is 16.8 Å². The monoisotopic (exact) mass is 250 g/mol. The van der Waals surface area contributed by atoms with E-state index in [0.717, 1.165) is 6.20 Å². The van der Waals surface area contributed by atoms with E-state index in [1.54, 1.807) is 24.3 Å². The van der Waals surface area contributed by atoms with E-state index in [1.807, 2.05) is 0 Å². The molecule has 0 bridgehead atoms. The minimum atomic E-state index is -1.20. The SMILES string of the molecule is O=C(O)c1c[nH]c(=O)c(-c2ccc(Cl)cc2)n1. The Morgan fingerprint density at radius 3 is 2.53 bits per heavy atom.